The summed E-state index contributed by atoms with van der Waals surface area (Å²) < 4.78 is 45.3. The van der Waals surface area contributed by atoms with Crippen LogP contribution >= 0.6 is 0 Å². The number of likely N-dealkylation sites (tertiary alicyclic amines) is 1. The van der Waals surface area contributed by atoms with Gasteiger partial charge in [0.2, 0.25) is 5.43 Å². The zero-order valence-electron chi connectivity index (χ0n) is 41.6. The number of nitrogens with zero attached hydrogens (tertiary/aromatic N) is 2. The minimum absolute atomic E-state index is 0.0183. The summed E-state index contributed by atoms with van der Waals surface area (Å²) in [5.41, 5.74) is 0.146. The van der Waals surface area contributed by atoms with Gasteiger partial charge in [0.15, 0.2) is 17.4 Å². The first-order valence-corrected chi connectivity index (χ1v) is 23.4. The van der Waals surface area contributed by atoms with Crippen molar-refractivity contribution in [2.45, 2.75) is 118 Å². The van der Waals surface area contributed by atoms with Crippen molar-refractivity contribution in [3.63, 3.8) is 0 Å². The van der Waals surface area contributed by atoms with Gasteiger partial charge in [-0.15, -0.1) is 0 Å². The molecule has 0 radical (unpaired) electrons. The van der Waals surface area contributed by atoms with Crippen LogP contribution in [0.2, 0.25) is 0 Å². The molecule has 2 aromatic carbocycles. The number of likely N-dealkylation sites (N-methyl/N-ethyl adjacent to an activating group) is 1. The quantitative estimate of drug-likeness (QED) is 0.0762. The lowest BCUT2D eigenvalue weighted by molar-refractivity contribution is -0.902. The molecule has 5 heterocycles. The summed E-state index contributed by atoms with van der Waals surface area (Å²) in [6, 6.07) is 5.52. The van der Waals surface area contributed by atoms with Gasteiger partial charge >= 0.3 is 11.8 Å². The molecule has 5 aliphatic heterocycles. The van der Waals surface area contributed by atoms with Gasteiger partial charge in [-0.2, -0.15) is 0 Å². The fourth-order valence-electron chi connectivity index (χ4n) is 9.67. The Morgan fingerprint density at radius 2 is 1.76 bits per heavy atom. The predicted molar refractivity (Wildman–Crippen MR) is 258 cm³/mol. The molecule has 8 rings (SSSR count). The fraction of sp³-hybridized carbons (Fsp3) is 0.519. The Morgan fingerprint density at radius 1 is 1.04 bits per heavy atom. The normalized spacial score (nSPS) is 29.4. The summed E-state index contributed by atoms with van der Waals surface area (Å²) in [5, 5.41) is 22.2. The number of ether oxygens (including phenoxy) is 6. The first kappa shape index (κ1) is 51.6. The highest BCUT2D eigenvalue weighted by Gasteiger charge is 2.51. The van der Waals surface area contributed by atoms with Crippen molar-refractivity contribution in [3.8, 4) is 28.7 Å². The highest BCUT2D eigenvalue weighted by Crippen LogP contribution is 2.52. The van der Waals surface area contributed by atoms with Gasteiger partial charge < -0.3 is 52.9 Å². The van der Waals surface area contributed by atoms with E-state index in [1.54, 1.807) is 57.2 Å². The Kier molecular flexibility index (Phi) is 15.8. The van der Waals surface area contributed by atoms with E-state index in [9.17, 15) is 19.5 Å². The van der Waals surface area contributed by atoms with Gasteiger partial charge in [0, 0.05) is 69.4 Å². The Hall–Kier alpha value is -5.81. The van der Waals surface area contributed by atoms with Crippen LogP contribution in [0.3, 0.4) is 0 Å². The van der Waals surface area contributed by atoms with Crippen molar-refractivity contribution in [3.05, 3.63) is 75.7 Å². The number of rotatable bonds is 5. The van der Waals surface area contributed by atoms with Crippen LogP contribution in [0.5, 0.6) is 17.2 Å². The molecule has 0 saturated carbocycles. The topological polar surface area (TPSA) is 202 Å². The Morgan fingerprint density at radius 3 is 2.43 bits per heavy atom. The second-order valence-corrected chi connectivity index (χ2v) is 18.7. The minimum Gasteiger partial charge on any atom is -0.487 e. The van der Waals surface area contributed by atoms with Crippen molar-refractivity contribution in [1.82, 2.24) is 4.98 Å². The van der Waals surface area contributed by atoms with Crippen molar-refractivity contribution >= 4 is 45.2 Å². The molecule has 1 amide bonds. The van der Waals surface area contributed by atoms with E-state index in [4.69, 9.17) is 42.9 Å². The zero-order chi connectivity index (χ0) is 50.0. The molecule has 0 aromatic heterocycles. The number of carbonyl (C=O) groups is 3. The number of esters is 1. The van der Waals surface area contributed by atoms with Crippen molar-refractivity contribution in [2.24, 2.45) is 17.8 Å². The summed E-state index contributed by atoms with van der Waals surface area (Å²) in [5.74, 6) is -4.64. The summed E-state index contributed by atoms with van der Waals surface area (Å²) in [6.45, 7) is 17.2. The zero-order valence-corrected chi connectivity index (χ0v) is 41.6. The number of anilines is 1. The number of fused-ring (bicyclic) bond motifs is 8. The maximum absolute atomic E-state index is 15.5. The molecule has 9 atom stereocenters. The summed E-state index contributed by atoms with van der Waals surface area (Å²) in [6.07, 6.45) is 6.22. The van der Waals surface area contributed by atoms with Gasteiger partial charge in [0.25, 0.3) is 11.7 Å². The van der Waals surface area contributed by atoms with E-state index in [1.807, 2.05) is 33.8 Å². The van der Waals surface area contributed by atoms with E-state index in [0.717, 1.165) is 31.0 Å². The third-order valence-electron chi connectivity index (χ3n) is 13.6. The number of hydrogen-bond acceptors (Lipinski definition) is 14. The number of aliphatic hydroxyl groups is 2. The van der Waals surface area contributed by atoms with Crippen molar-refractivity contribution < 1.29 is 61.9 Å². The summed E-state index contributed by atoms with van der Waals surface area (Å²) in [7, 11) is 6.86. The van der Waals surface area contributed by atoms with Crippen LogP contribution in [0.25, 0.3) is 33.3 Å². The minimum atomic E-state index is -1.94. The lowest BCUT2D eigenvalue weighted by Gasteiger charge is -2.38. The molecule has 368 valence electrons. The highest BCUT2D eigenvalue weighted by molar-refractivity contribution is 6.22. The lowest BCUT2D eigenvalue weighted by atomic mass is 9.83. The van der Waals surface area contributed by atoms with Crippen LogP contribution < -0.4 is 25.0 Å². The second-order valence-electron chi connectivity index (χ2n) is 18.7. The van der Waals surface area contributed by atoms with Crippen LogP contribution in [0.15, 0.2) is 63.6 Å². The number of carbonyl (C=O) groups excluding carboxylic acids is 3. The third kappa shape index (κ3) is 9.73. The average Bonchev–Trinajstić information content (AvgIpc) is 3.79. The van der Waals surface area contributed by atoms with Gasteiger partial charge in [-0.25, -0.2) is 4.98 Å². The fourth-order valence-corrected chi connectivity index (χ4v) is 9.67. The molecular weight excluding hydrogens is 875 g/mol. The van der Waals surface area contributed by atoms with E-state index in [-0.39, 0.29) is 62.0 Å². The molecule has 16 nitrogen and oxygen atoms in total. The molecule has 1 saturated heterocycles. The summed E-state index contributed by atoms with van der Waals surface area (Å²) in [4.78, 5) is 62.5. The van der Waals surface area contributed by atoms with E-state index in [0.29, 0.717) is 35.9 Å². The smallest absolute Gasteiger partial charge is 0.312 e. The average molecular weight is 943 g/mol. The highest BCUT2D eigenvalue weighted by atomic mass is 16.7. The van der Waals surface area contributed by atoms with Gasteiger partial charge in [-0.3, -0.25) is 19.2 Å². The van der Waals surface area contributed by atoms with Crippen LogP contribution in [0, 0.1) is 24.7 Å². The molecule has 0 spiro atoms. The number of allylic oxidation sites excluding steroid dienone is 3. The van der Waals surface area contributed by atoms with Crippen molar-refractivity contribution in [2.75, 3.05) is 46.8 Å². The molecule has 6 bridgehead atoms. The number of Topliss-reactive ketones (excluding diaryl/α,β-unsaturated/α-hetero) is 1. The SMILES string of the molecule is CC.CO.CO[C@H]1/C=C/O[C@@]2(C)Oc3c(C)c4c5c(=O)c(c6oc7cc(OCC8CCC[N+]8(C)C)ccc7nc-6c5c3C2=O)NC(=O)/C(C)=C\C=C\C(C)C[C@@H](C)[C@@H](O)C(O4)C(OC(C)=O)[C@@H]1C. The lowest BCUT2D eigenvalue weighted by Crippen LogP contribution is -2.52. The Bertz CT molecular complexity index is 2670. The number of benzene rings is 3. The number of aliphatic hydroxyl groups excluding tert-OH is 2. The molecule has 1 fully saturated rings. The maximum atomic E-state index is 15.5. The number of nitrogens with one attached hydrogen (secondary N) is 1. The van der Waals surface area contributed by atoms with Crippen LogP contribution in [0.1, 0.15) is 90.6 Å². The molecule has 16 heteroatoms. The van der Waals surface area contributed by atoms with Crippen LogP contribution in [-0.2, 0) is 23.8 Å². The molecule has 6 aliphatic rings. The number of quaternary nitrogens is 1. The Balaban J connectivity index is 0.00000185. The Labute approximate surface area is 397 Å². The number of methoxy groups -OCH3 is 1. The molecule has 4 unspecified atom stereocenters. The first-order valence-electron chi connectivity index (χ1n) is 23.4. The third-order valence-corrected chi connectivity index (χ3v) is 13.6. The maximum Gasteiger partial charge on any atom is 0.312 e. The number of hydrogen-bond donors (Lipinski definition) is 3. The van der Waals surface area contributed by atoms with Gasteiger partial charge in [-0.05, 0) is 50.3 Å². The second kappa shape index (κ2) is 20.8. The van der Waals surface area contributed by atoms with E-state index < -0.39 is 65.1 Å². The molecular formula is C52H68N3O13+. The van der Waals surface area contributed by atoms with E-state index in [1.165, 1.54) is 27.2 Å². The molecule has 3 N–H and O–H groups in total. The molecule has 2 aromatic rings. The van der Waals surface area contributed by atoms with Crippen LogP contribution in [0.4, 0.5) is 5.69 Å². The van der Waals surface area contributed by atoms with Crippen LogP contribution in [-0.4, -0.2) is 115 Å². The molecule has 68 heavy (non-hydrogen) atoms. The van der Waals surface area contributed by atoms with E-state index >= 15 is 4.79 Å². The van der Waals surface area contributed by atoms with E-state index in [2.05, 4.69) is 19.4 Å². The van der Waals surface area contributed by atoms with Gasteiger partial charge in [0.05, 0.1) is 50.1 Å². The van der Waals surface area contributed by atoms with Gasteiger partial charge in [-0.1, -0.05) is 52.8 Å². The number of amides is 1. The van der Waals surface area contributed by atoms with Crippen molar-refractivity contribution in [1.29, 1.82) is 0 Å². The molecule has 1 aliphatic carbocycles. The number of ketones is 1. The summed E-state index contributed by atoms with van der Waals surface area (Å²) >= 11 is 0. The largest absolute Gasteiger partial charge is 0.487 e. The number of aromatic nitrogens is 1. The first-order chi connectivity index (χ1) is 32.3. The standard InChI is InChI=1S/C49H57N3O12.C2H6.CH4O/c1-24-13-11-14-25(2)48(57)51-39-41(55)36-35(38-45(39)62-34-22-31(16-17-32(34)50-38)59-23-30-15-12-19-52(30,8)9)37-43-28(5)42(36)63-46(40(54)26(3)21-24)44(61-29(6)53)27(4)33(58-10)18-20-60-49(7,64-43)47(37)56;2*1-2/h11,13-14,16-18,20,22,24,26-27,30,33,40,44,46,54H,12,15,19,21,23H2,1-10H3;1-2H3;2H,1H3/p+1/b13-11+,20-18+,25-14-;;/t24?,26-,27-,30?,33+,40-,44?,46?,49+;;/m1../s1. The van der Waals surface area contributed by atoms with Gasteiger partial charge in [0.1, 0.15) is 52.9 Å². The monoisotopic (exact) mass is 942 g/mol. The predicted octanol–water partition coefficient (Wildman–Crippen LogP) is 7.65.